The number of para-hydroxylation sites is 2. The maximum absolute atomic E-state index is 13.6. The van der Waals surface area contributed by atoms with Crippen LogP contribution in [0.2, 0.25) is 0 Å². The number of imidazole rings is 1. The smallest absolute Gasteiger partial charge is 0.240 e. The van der Waals surface area contributed by atoms with Gasteiger partial charge in [0.2, 0.25) is 5.91 Å². The molecule has 0 aliphatic heterocycles. The molecule has 0 fully saturated rings. The quantitative estimate of drug-likeness (QED) is 0.671. The van der Waals surface area contributed by atoms with Crippen molar-refractivity contribution >= 4 is 26.8 Å². The van der Waals surface area contributed by atoms with Crippen LogP contribution in [-0.2, 0) is 33.4 Å². The highest BCUT2D eigenvalue weighted by Gasteiger charge is 2.17. The number of carbonyl (C=O) groups is 1. The molecule has 2 aromatic carbocycles. The molecule has 0 spiro atoms. The van der Waals surface area contributed by atoms with Crippen molar-refractivity contribution in [2.24, 2.45) is 0 Å². The Morgan fingerprint density at radius 3 is 2.59 bits per heavy atom. The van der Waals surface area contributed by atoms with Gasteiger partial charge in [-0.15, -0.1) is 0 Å². The number of hydrogen-bond donors (Lipinski definition) is 1. The van der Waals surface area contributed by atoms with E-state index in [0.717, 1.165) is 6.26 Å². The van der Waals surface area contributed by atoms with Crippen molar-refractivity contribution in [2.75, 3.05) is 12.8 Å². The Balaban J connectivity index is 1.72. The summed E-state index contributed by atoms with van der Waals surface area (Å²) in [7, 11) is -3.30. The average Bonchev–Trinajstić information content (AvgIpc) is 2.92. The van der Waals surface area contributed by atoms with Gasteiger partial charge in [0, 0.05) is 12.8 Å². The number of aromatic nitrogens is 2. The van der Waals surface area contributed by atoms with E-state index in [0.29, 0.717) is 28.8 Å². The zero-order valence-corrected chi connectivity index (χ0v) is 15.7. The maximum atomic E-state index is 13.6. The maximum Gasteiger partial charge on any atom is 0.240 e. The fraction of sp³-hybridized carbons (Fsp3) is 0.263. The summed E-state index contributed by atoms with van der Waals surface area (Å²) in [6, 6.07) is 13.6. The molecule has 142 valence electrons. The standard InChI is InChI=1S/C19H20FN3O3S/c1-27(25,26)13-18-22-16-8-4-5-9-17(16)23(18)12-19(24)21-11-10-14-6-2-3-7-15(14)20/h2-9H,10-13H2,1H3,(H,21,24). The normalized spacial score (nSPS) is 11.6. The predicted octanol–water partition coefficient (Wildman–Crippen LogP) is 2.08. The third-order valence-electron chi connectivity index (χ3n) is 4.10. The van der Waals surface area contributed by atoms with Gasteiger partial charge in [-0.2, -0.15) is 0 Å². The number of fused-ring (bicyclic) bond motifs is 1. The van der Waals surface area contributed by atoms with Gasteiger partial charge >= 0.3 is 0 Å². The highest BCUT2D eigenvalue weighted by molar-refractivity contribution is 7.89. The van der Waals surface area contributed by atoms with Crippen molar-refractivity contribution in [3.05, 3.63) is 65.7 Å². The van der Waals surface area contributed by atoms with E-state index in [1.807, 2.05) is 0 Å². The van der Waals surface area contributed by atoms with Gasteiger partial charge in [-0.3, -0.25) is 4.79 Å². The molecule has 0 atom stereocenters. The molecular formula is C19H20FN3O3S. The van der Waals surface area contributed by atoms with E-state index < -0.39 is 9.84 Å². The topological polar surface area (TPSA) is 81.1 Å². The van der Waals surface area contributed by atoms with Gasteiger partial charge in [0.25, 0.3) is 0 Å². The van der Waals surface area contributed by atoms with E-state index in [-0.39, 0.29) is 30.6 Å². The molecule has 27 heavy (non-hydrogen) atoms. The van der Waals surface area contributed by atoms with Crippen molar-refractivity contribution in [1.29, 1.82) is 0 Å². The Hall–Kier alpha value is -2.74. The first kappa shape index (κ1) is 19.0. The largest absolute Gasteiger partial charge is 0.354 e. The summed E-state index contributed by atoms with van der Waals surface area (Å²) in [5.74, 6) is -0.514. The zero-order chi connectivity index (χ0) is 19.4. The summed E-state index contributed by atoms with van der Waals surface area (Å²) in [4.78, 5) is 16.7. The third kappa shape index (κ3) is 4.91. The number of carbonyl (C=O) groups excluding carboxylic acids is 1. The van der Waals surface area contributed by atoms with Crippen LogP contribution in [0, 0.1) is 5.82 Å². The van der Waals surface area contributed by atoms with Crippen LogP contribution in [0.4, 0.5) is 4.39 Å². The molecule has 0 aliphatic carbocycles. The fourth-order valence-corrected chi connectivity index (χ4v) is 3.57. The number of nitrogens with one attached hydrogen (secondary N) is 1. The van der Waals surface area contributed by atoms with Crippen molar-refractivity contribution in [2.45, 2.75) is 18.7 Å². The lowest BCUT2D eigenvalue weighted by atomic mass is 10.1. The molecule has 0 unspecified atom stereocenters. The first-order valence-electron chi connectivity index (χ1n) is 8.45. The van der Waals surface area contributed by atoms with Crippen LogP contribution in [0.1, 0.15) is 11.4 Å². The van der Waals surface area contributed by atoms with E-state index in [1.54, 1.807) is 47.0 Å². The van der Waals surface area contributed by atoms with E-state index in [4.69, 9.17) is 0 Å². The number of amides is 1. The number of halogens is 1. The van der Waals surface area contributed by atoms with Crippen LogP contribution in [0.3, 0.4) is 0 Å². The van der Waals surface area contributed by atoms with Crippen LogP contribution < -0.4 is 5.32 Å². The second-order valence-corrected chi connectivity index (χ2v) is 8.50. The number of sulfone groups is 1. The van der Waals surface area contributed by atoms with Crippen molar-refractivity contribution in [1.82, 2.24) is 14.9 Å². The number of nitrogens with zero attached hydrogens (tertiary/aromatic N) is 2. The van der Waals surface area contributed by atoms with Crippen molar-refractivity contribution in [3.8, 4) is 0 Å². The van der Waals surface area contributed by atoms with E-state index in [2.05, 4.69) is 10.3 Å². The molecule has 3 aromatic rings. The molecule has 1 heterocycles. The highest BCUT2D eigenvalue weighted by atomic mass is 32.2. The first-order chi connectivity index (χ1) is 12.8. The summed E-state index contributed by atoms with van der Waals surface area (Å²) in [6.45, 7) is 0.233. The van der Waals surface area contributed by atoms with Gasteiger partial charge in [-0.25, -0.2) is 17.8 Å². The molecule has 0 saturated heterocycles. The predicted molar refractivity (Wildman–Crippen MR) is 101 cm³/mol. The molecule has 0 aliphatic rings. The Morgan fingerprint density at radius 1 is 1.15 bits per heavy atom. The minimum absolute atomic E-state index is 0.0529. The van der Waals surface area contributed by atoms with Crippen molar-refractivity contribution in [3.63, 3.8) is 0 Å². The van der Waals surface area contributed by atoms with Gasteiger partial charge in [0.05, 0.1) is 11.0 Å². The van der Waals surface area contributed by atoms with Gasteiger partial charge in [-0.1, -0.05) is 30.3 Å². The average molecular weight is 389 g/mol. The molecule has 0 saturated carbocycles. The monoisotopic (exact) mass is 389 g/mol. The lowest BCUT2D eigenvalue weighted by Crippen LogP contribution is -2.30. The van der Waals surface area contributed by atoms with Gasteiger partial charge in [0.15, 0.2) is 9.84 Å². The Bertz CT molecular complexity index is 1080. The number of rotatable bonds is 7. The molecule has 1 N–H and O–H groups in total. The second-order valence-electron chi connectivity index (χ2n) is 6.36. The molecule has 3 rings (SSSR count). The summed E-state index contributed by atoms with van der Waals surface area (Å²) >= 11 is 0. The van der Waals surface area contributed by atoms with Crippen molar-refractivity contribution < 1.29 is 17.6 Å². The minimum Gasteiger partial charge on any atom is -0.354 e. The fourth-order valence-electron chi connectivity index (χ4n) is 2.88. The van der Waals surface area contributed by atoms with Crippen LogP contribution in [0.15, 0.2) is 48.5 Å². The summed E-state index contributed by atoms with van der Waals surface area (Å²) < 4.78 is 38.6. The first-order valence-corrected chi connectivity index (χ1v) is 10.5. The molecule has 1 amide bonds. The summed E-state index contributed by atoms with van der Waals surface area (Å²) in [5.41, 5.74) is 1.86. The van der Waals surface area contributed by atoms with Crippen LogP contribution in [0.5, 0.6) is 0 Å². The van der Waals surface area contributed by atoms with Crippen LogP contribution >= 0.6 is 0 Å². The van der Waals surface area contributed by atoms with E-state index in [9.17, 15) is 17.6 Å². The molecule has 8 heteroatoms. The van der Waals surface area contributed by atoms with Gasteiger partial charge in [-0.05, 0) is 30.2 Å². The lowest BCUT2D eigenvalue weighted by molar-refractivity contribution is -0.121. The Morgan fingerprint density at radius 2 is 1.85 bits per heavy atom. The number of hydrogen-bond acceptors (Lipinski definition) is 4. The minimum atomic E-state index is -3.30. The van der Waals surface area contributed by atoms with Crippen LogP contribution in [0.25, 0.3) is 11.0 Å². The van der Waals surface area contributed by atoms with E-state index in [1.165, 1.54) is 6.07 Å². The Kier molecular flexibility index (Phi) is 5.55. The third-order valence-corrected chi connectivity index (χ3v) is 4.88. The molecule has 6 nitrogen and oxygen atoms in total. The van der Waals surface area contributed by atoms with Crippen LogP contribution in [-0.4, -0.2) is 36.7 Å². The molecule has 0 bridgehead atoms. The lowest BCUT2D eigenvalue weighted by Gasteiger charge is -2.10. The molecular weight excluding hydrogens is 369 g/mol. The summed E-state index contributed by atoms with van der Waals surface area (Å²) in [5, 5.41) is 2.75. The summed E-state index contributed by atoms with van der Waals surface area (Å²) in [6.07, 6.45) is 1.50. The van der Waals surface area contributed by atoms with Gasteiger partial charge in [0.1, 0.15) is 23.9 Å². The van der Waals surface area contributed by atoms with E-state index >= 15 is 0 Å². The van der Waals surface area contributed by atoms with Gasteiger partial charge < -0.3 is 9.88 Å². The molecule has 1 aromatic heterocycles. The zero-order valence-electron chi connectivity index (χ0n) is 14.9. The highest BCUT2D eigenvalue weighted by Crippen LogP contribution is 2.17. The number of benzene rings is 2. The second kappa shape index (κ2) is 7.87. The Labute approximate surface area is 157 Å². The molecule has 0 radical (unpaired) electrons. The SMILES string of the molecule is CS(=O)(=O)Cc1nc2ccccc2n1CC(=O)NCCc1ccccc1F.